The van der Waals surface area contributed by atoms with Crippen molar-refractivity contribution in [3.05, 3.63) is 93.9 Å². The highest BCUT2D eigenvalue weighted by Gasteiger charge is 2.45. The number of fused-ring (bicyclic) bond motifs is 4. The second-order valence-corrected chi connectivity index (χ2v) is 8.38. The lowest BCUT2D eigenvalue weighted by atomic mass is 9.95. The summed E-state index contributed by atoms with van der Waals surface area (Å²) in [7, 11) is 0. The Morgan fingerprint density at radius 3 is 2.47 bits per heavy atom. The molecule has 0 aliphatic carbocycles. The van der Waals surface area contributed by atoms with Crippen LogP contribution in [0.4, 0.5) is 0 Å². The van der Waals surface area contributed by atoms with E-state index in [1.165, 1.54) is 6.07 Å². The van der Waals surface area contributed by atoms with Gasteiger partial charge in [0.15, 0.2) is 11.4 Å². The standard InChI is InChI=1S/C25H25N3O4/c1-16(2)27-21-13-15-32-20-11-7-6-10-18(20)22(17-8-4-3-5-9-17)28(21)26-14-12-19(29)24(30)23(26)25(27)31/h3-12,14,16,21-22,30H,13,15H2,1-2H3/t21-,22+/m0/s1. The van der Waals surface area contributed by atoms with Crippen LogP contribution in [0.5, 0.6) is 11.5 Å². The number of aromatic nitrogens is 1. The Kier molecular flexibility index (Phi) is 4.89. The monoisotopic (exact) mass is 431 g/mol. The molecule has 32 heavy (non-hydrogen) atoms. The Hall–Kier alpha value is -3.74. The smallest absolute Gasteiger partial charge is 0.278 e. The minimum atomic E-state index is -0.571. The van der Waals surface area contributed by atoms with Gasteiger partial charge in [0.2, 0.25) is 5.43 Å². The molecule has 164 valence electrons. The predicted molar refractivity (Wildman–Crippen MR) is 121 cm³/mol. The first-order valence-corrected chi connectivity index (χ1v) is 10.8. The zero-order valence-corrected chi connectivity index (χ0v) is 18.0. The third-order valence-electron chi connectivity index (χ3n) is 6.15. The zero-order valence-electron chi connectivity index (χ0n) is 18.0. The van der Waals surface area contributed by atoms with Gasteiger partial charge in [-0.25, -0.2) is 0 Å². The van der Waals surface area contributed by atoms with Crippen molar-refractivity contribution in [3.8, 4) is 11.5 Å². The van der Waals surface area contributed by atoms with E-state index in [4.69, 9.17) is 4.74 Å². The van der Waals surface area contributed by atoms with Gasteiger partial charge in [-0.1, -0.05) is 48.5 Å². The molecule has 0 saturated carbocycles. The van der Waals surface area contributed by atoms with Crippen LogP contribution in [0.25, 0.3) is 0 Å². The number of rotatable bonds is 2. The maximum Gasteiger partial charge on any atom is 0.278 e. The number of benzene rings is 2. The topological polar surface area (TPSA) is 75.0 Å². The quantitative estimate of drug-likeness (QED) is 0.674. The van der Waals surface area contributed by atoms with Gasteiger partial charge in [-0.2, -0.15) is 0 Å². The molecule has 0 saturated heterocycles. The fraction of sp³-hybridized carbons (Fsp3) is 0.280. The number of carbonyl (C=O) groups excluding carboxylic acids is 1. The van der Waals surface area contributed by atoms with E-state index in [9.17, 15) is 14.7 Å². The Morgan fingerprint density at radius 1 is 1.00 bits per heavy atom. The average Bonchev–Trinajstić information content (AvgIpc) is 2.78. The summed E-state index contributed by atoms with van der Waals surface area (Å²) in [6.07, 6.45) is 1.81. The molecule has 3 aromatic rings. The summed E-state index contributed by atoms with van der Waals surface area (Å²) in [5.74, 6) is -0.114. The van der Waals surface area contributed by atoms with Gasteiger partial charge in [0, 0.05) is 30.3 Å². The highest BCUT2D eigenvalue weighted by Crippen LogP contribution is 2.40. The lowest BCUT2D eigenvalue weighted by molar-refractivity contribution is 0.0408. The van der Waals surface area contributed by atoms with E-state index in [0.29, 0.717) is 13.0 Å². The van der Waals surface area contributed by atoms with Gasteiger partial charge in [0.1, 0.15) is 18.0 Å². The van der Waals surface area contributed by atoms with E-state index in [-0.39, 0.29) is 29.9 Å². The minimum absolute atomic E-state index is 0.0117. The van der Waals surface area contributed by atoms with Gasteiger partial charge in [-0.05, 0) is 25.5 Å². The largest absolute Gasteiger partial charge is 0.502 e. The Labute approximate surface area is 186 Å². The molecule has 2 aliphatic heterocycles. The highest BCUT2D eigenvalue weighted by atomic mass is 16.5. The first kappa shape index (κ1) is 20.2. The van der Waals surface area contributed by atoms with Crippen LogP contribution in [0.3, 0.4) is 0 Å². The lowest BCUT2D eigenvalue weighted by Crippen LogP contribution is -2.64. The van der Waals surface area contributed by atoms with Crippen molar-refractivity contribution in [2.75, 3.05) is 11.6 Å². The molecule has 1 aromatic heterocycles. The van der Waals surface area contributed by atoms with Crippen LogP contribution < -0.4 is 15.2 Å². The molecule has 5 rings (SSSR count). The third kappa shape index (κ3) is 3.04. The molecular weight excluding hydrogens is 406 g/mol. The molecule has 0 radical (unpaired) electrons. The number of carbonyl (C=O) groups is 1. The zero-order chi connectivity index (χ0) is 22.4. The Balaban J connectivity index is 1.84. The normalized spacial score (nSPS) is 20.0. The van der Waals surface area contributed by atoms with Crippen LogP contribution in [-0.4, -0.2) is 39.4 Å². The van der Waals surface area contributed by atoms with E-state index < -0.39 is 11.2 Å². The van der Waals surface area contributed by atoms with Crippen LogP contribution in [0.2, 0.25) is 0 Å². The molecule has 2 atom stereocenters. The summed E-state index contributed by atoms with van der Waals surface area (Å²) >= 11 is 0. The van der Waals surface area contributed by atoms with Gasteiger partial charge >= 0.3 is 0 Å². The summed E-state index contributed by atoms with van der Waals surface area (Å²) in [4.78, 5) is 27.5. The molecule has 7 heteroatoms. The van der Waals surface area contributed by atoms with Crippen molar-refractivity contribution >= 4 is 5.91 Å². The Bertz CT molecular complexity index is 1220. The number of aromatic hydroxyl groups is 1. The molecule has 1 N–H and O–H groups in total. The van der Waals surface area contributed by atoms with E-state index >= 15 is 0 Å². The van der Waals surface area contributed by atoms with Crippen LogP contribution in [0, 0.1) is 0 Å². The van der Waals surface area contributed by atoms with Crippen LogP contribution in [-0.2, 0) is 0 Å². The van der Waals surface area contributed by atoms with Gasteiger partial charge in [-0.3, -0.25) is 19.3 Å². The first-order valence-electron chi connectivity index (χ1n) is 10.8. The highest BCUT2D eigenvalue weighted by molar-refractivity contribution is 5.96. The molecule has 7 nitrogen and oxygen atoms in total. The van der Waals surface area contributed by atoms with Gasteiger partial charge in [0.05, 0.1) is 6.61 Å². The molecule has 0 bridgehead atoms. The fourth-order valence-electron chi connectivity index (χ4n) is 4.81. The number of para-hydroxylation sites is 1. The molecule has 0 spiro atoms. The predicted octanol–water partition coefficient (Wildman–Crippen LogP) is 3.25. The molecule has 2 aliphatic rings. The van der Waals surface area contributed by atoms with Crippen molar-refractivity contribution in [2.24, 2.45) is 0 Å². The molecule has 3 heterocycles. The van der Waals surface area contributed by atoms with Crippen molar-refractivity contribution in [2.45, 2.75) is 38.5 Å². The van der Waals surface area contributed by atoms with Crippen molar-refractivity contribution in [3.63, 3.8) is 0 Å². The average molecular weight is 431 g/mol. The summed E-state index contributed by atoms with van der Waals surface area (Å²) in [5.41, 5.74) is 1.38. The Morgan fingerprint density at radius 2 is 1.72 bits per heavy atom. The van der Waals surface area contributed by atoms with Gasteiger partial charge in [-0.15, -0.1) is 0 Å². The van der Waals surface area contributed by atoms with Crippen molar-refractivity contribution in [1.29, 1.82) is 0 Å². The summed E-state index contributed by atoms with van der Waals surface area (Å²) in [6, 6.07) is 18.7. The molecule has 0 unspecified atom stereocenters. The molecule has 2 aromatic carbocycles. The number of nitrogens with zero attached hydrogens (tertiary/aromatic N) is 3. The van der Waals surface area contributed by atoms with E-state index in [1.807, 2.05) is 68.4 Å². The lowest BCUT2D eigenvalue weighted by Gasteiger charge is -2.52. The van der Waals surface area contributed by atoms with E-state index in [2.05, 4.69) is 5.01 Å². The molecular formula is C25H25N3O4. The molecule has 1 amide bonds. The summed E-state index contributed by atoms with van der Waals surface area (Å²) < 4.78 is 7.81. The maximum atomic E-state index is 13.5. The van der Waals surface area contributed by atoms with Gasteiger partial charge < -0.3 is 14.7 Å². The third-order valence-corrected chi connectivity index (χ3v) is 6.15. The number of hydrogen-bond donors (Lipinski definition) is 1. The number of amides is 1. The number of ether oxygens (including phenoxy) is 1. The summed E-state index contributed by atoms with van der Waals surface area (Å²) in [6.45, 7) is 4.31. The van der Waals surface area contributed by atoms with Crippen LogP contribution >= 0.6 is 0 Å². The second kappa shape index (κ2) is 7.75. The number of hydrogen-bond acceptors (Lipinski definition) is 5. The fourth-order valence-corrected chi connectivity index (χ4v) is 4.81. The van der Waals surface area contributed by atoms with Gasteiger partial charge in [0.25, 0.3) is 5.91 Å². The molecule has 0 fully saturated rings. The maximum absolute atomic E-state index is 13.5. The van der Waals surface area contributed by atoms with E-state index in [1.54, 1.807) is 15.8 Å². The van der Waals surface area contributed by atoms with Crippen LogP contribution in [0.15, 0.2) is 71.7 Å². The van der Waals surface area contributed by atoms with E-state index in [0.717, 1.165) is 16.9 Å². The van der Waals surface area contributed by atoms with Crippen molar-refractivity contribution in [1.82, 2.24) is 9.58 Å². The van der Waals surface area contributed by atoms with Crippen molar-refractivity contribution < 1.29 is 14.6 Å². The number of pyridine rings is 1. The minimum Gasteiger partial charge on any atom is -0.502 e. The van der Waals surface area contributed by atoms with Crippen LogP contribution in [0.1, 0.15) is 47.9 Å². The summed E-state index contributed by atoms with van der Waals surface area (Å²) in [5, 5.41) is 12.7. The first-order chi connectivity index (χ1) is 15.5. The second-order valence-electron chi connectivity index (χ2n) is 8.38. The SMILES string of the molecule is CC(C)N1C(=O)c2c(O)c(=O)ccn2N2[C@H](c3ccccc3)c3ccccc3OCC[C@@H]12.